The molecule has 0 aliphatic carbocycles. The Morgan fingerprint density at radius 3 is 2.68 bits per heavy atom. The number of hydrogen-bond donors (Lipinski definition) is 2. The van der Waals surface area contributed by atoms with Gasteiger partial charge in [-0.3, -0.25) is 4.79 Å². The number of nitrogens with one attached hydrogen (secondary N) is 1. The van der Waals surface area contributed by atoms with Gasteiger partial charge in [0.1, 0.15) is 11.6 Å². The normalized spacial score (nSPS) is 11.9. The fraction of sp³-hybridized carbons (Fsp3) is 0.333. The lowest BCUT2D eigenvalue weighted by molar-refractivity contribution is -0.148. The minimum Gasteiger partial charge on any atom is -0.479 e. The van der Waals surface area contributed by atoms with E-state index >= 15 is 0 Å². The SMILES string of the molecule is CC(OCCNC(=O)c1ccc(F)cc1F)C(=O)O. The van der Waals surface area contributed by atoms with Crippen LogP contribution < -0.4 is 5.32 Å². The highest BCUT2D eigenvalue weighted by Gasteiger charge is 2.13. The third-order valence-electron chi connectivity index (χ3n) is 2.28. The van der Waals surface area contributed by atoms with Crippen molar-refractivity contribution in [3.8, 4) is 0 Å². The van der Waals surface area contributed by atoms with Gasteiger partial charge in [0.2, 0.25) is 0 Å². The zero-order chi connectivity index (χ0) is 14.4. The third-order valence-corrected chi connectivity index (χ3v) is 2.28. The summed E-state index contributed by atoms with van der Waals surface area (Å²) in [6.45, 7) is 1.35. The Kier molecular flexibility index (Phi) is 5.37. The van der Waals surface area contributed by atoms with Gasteiger partial charge in [0.25, 0.3) is 5.91 Å². The average Bonchev–Trinajstić information content (AvgIpc) is 2.33. The van der Waals surface area contributed by atoms with E-state index in [1.54, 1.807) is 0 Å². The fourth-order valence-electron chi connectivity index (χ4n) is 1.24. The maximum Gasteiger partial charge on any atom is 0.332 e. The van der Waals surface area contributed by atoms with Gasteiger partial charge in [0, 0.05) is 12.6 Å². The van der Waals surface area contributed by atoms with Crippen LogP contribution in [0.1, 0.15) is 17.3 Å². The van der Waals surface area contributed by atoms with Gasteiger partial charge in [-0.25, -0.2) is 13.6 Å². The van der Waals surface area contributed by atoms with Crippen LogP contribution in [-0.2, 0) is 9.53 Å². The van der Waals surface area contributed by atoms with E-state index in [0.717, 1.165) is 12.1 Å². The standard InChI is InChI=1S/C12H13F2NO4/c1-7(12(17)18)19-5-4-15-11(16)9-3-2-8(13)6-10(9)14/h2-3,6-7H,4-5H2,1H3,(H,15,16)(H,17,18). The first-order chi connectivity index (χ1) is 8.91. The lowest BCUT2D eigenvalue weighted by Gasteiger charge is -2.09. The van der Waals surface area contributed by atoms with Crippen molar-refractivity contribution in [2.75, 3.05) is 13.2 Å². The molecule has 0 aromatic heterocycles. The van der Waals surface area contributed by atoms with E-state index < -0.39 is 29.6 Å². The molecule has 1 aromatic rings. The van der Waals surface area contributed by atoms with E-state index in [1.807, 2.05) is 0 Å². The molecule has 0 saturated heterocycles. The first kappa shape index (κ1) is 15.0. The smallest absolute Gasteiger partial charge is 0.332 e. The molecule has 104 valence electrons. The van der Waals surface area contributed by atoms with Gasteiger partial charge in [-0.15, -0.1) is 0 Å². The van der Waals surface area contributed by atoms with Gasteiger partial charge in [-0.2, -0.15) is 0 Å². The van der Waals surface area contributed by atoms with Crippen molar-refractivity contribution < 1.29 is 28.2 Å². The van der Waals surface area contributed by atoms with Gasteiger partial charge in [-0.05, 0) is 19.1 Å². The van der Waals surface area contributed by atoms with Gasteiger partial charge in [-0.1, -0.05) is 0 Å². The van der Waals surface area contributed by atoms with Gasteiger partial charge in [0.15, 0.2) is 6.10 Å². The number of carboxylic acid groups (broad SMARTS) is 1. The van der Waals surface area contributed by atoms with E-state index in [4.69, 9.17) is 9.84 Å². The molecule has 19 heavy (non-hydrogen) atoms. The lowest BCUT2D eigenvalue weighted by atomic mass is 10.2. The van der Waals surface area contributed by atoms with Crippen molar-refractivity contribution in [2.45, 2.75) is 13.0 Å². The molecule has 1 aromatic carbocycles. The molecule has 0 bridgehead atoms. The van der Waals surface area contributed by atoms with Gasteiger partial charge < -0.3 is 15.2 Å². The van der Waals surface area contributed by atoms with Crippen molar-refractivity contribution in [1.29, 1.82) is 0 Å². The average molecular weight is 273 g/mol. The summed E-state index contributed by atoms with van der Waals surface area (Å²) in [7, 11) is 0. The van der Waals surface area contributed by atoms with E-state index in [2.05, 4.69) is 5.32 Å². The van der Waals surface area contributed by atoms with Gasteiger partial charge in [0.05, 0.1) is 12.2 Å². The Morgan fingerprint density at radius 2 is 2.11 bits per heavy atom. The lowest BCUT2D eigenvalue weighted by Crippen LogP contribution is -2.30. The number of carbonyl (C=O) groups is 2. The van der Waals surface area contributed by atoms with Gasteiger partial charge >= 0.3 is 5.97 Å². The van der Waals surface area contributed by atoms with Crippen molar-refractivity contribution in [3.63, 3.8) is 0 Å². The van der Waals surface area contributed by atoms with Crippen molar-refractivity contribution in [1.82, 2.24) is 5.32 Å². The molecule has 7 heteroatoms. The van der Waals surface area contributed by atoms with Crippen LogP contribution in [0.4, 0.5) is 8.78 Å². The number of halogens is 2. The van der Waals surface area contributed by atoms with Crippen LogP contribution in [0.2, 0.25) is 0 Å². The molecule has 1 rings (SSSR count). The minimum atomic E-state index is -1.11. The summed E-state index contributed by atoms with van der Waals surface area (Å²) in [6.07, 6.45) is -0.987. The van der Waals surface area contributed by atoms with Crippen LogP contribution in [0, 0.1) is 11.6 Å². The molecule has 2 N–H and O–H groups in total. The molecular formula is C12H13F2NO4. The molecule has 0 saturated carbocycles. The highest BCUT2D eigenvalue weighted by molar-refractivity contribution is 5.94. The topological polar surface area (TPSA) is 75.6 Å². The molecule has 1 amide bonds. The second kappa shape index (κ2) is 6.79. The van der Waals surface area contributed by atoms with E-state index in [1.165, 1.54) is 6.92 Å². The zero-order valence-electron chi connectivity index (χ0n) is 10.2. The molecule has 1 atom stereocenters. The second-order valence-electron chi connectivity index (χ2n) is 3.73. The number of ether oxygens (including phenoxy) is 1. The van der Waals surface area contributed by atoms with Crippen LogP contribution in [0.3, 0.4) is 0 Å². The molecule has 1 unspecified atom stereocenters. The number of aliphatic carboxylic acids is 1. The number of hydrogen-bond acceptors (Lipinski definition) is 3. The number of rotatable bonds is 6. The maximum absolute atomic E-state index is 13.2. The summed E-state index contributed by atoms with van der Waals surface area (Å²) >= 11 is 0. The van der Waals surface area contributed by atoms with Crippen LogP contribution in [0.5, 0.6) is 0 Å². The quantitative estimate of drug-likeness (QED) is 0.763. The number of benzene rings is 1. The Labute approximate surface area is 108 Å². The monoisotopic (exact) mass is 273 g/mol. The van der Waals surface area contributed by atoms with Crippen LogP contribution in [0.15, 0.2) is 18.2 Å². The summed E-state index contributed by atoms with van der Waals surface area (Å²) in [5.74, 6) is -3.56. The first-order valence-corrected chi connectivity index (χ1v) is 5.49. The molecule has 0 spiro atoms. The van der Waals surface area contributed by atoms with Crippen molar-refractivity contribution in [3.05, 3.63) is 35.4 Å². The Balaban J connectivity index is 2.41. The summed E-state index contributed by atoms with van der Waals surface area (Å²) in [4.78, 5) is 21.9. The van der Waals surface area contributed by atoms with Crippen molar-refractivity contribution in [2.24, 2.45) is 0 Å². The number of amides is 1. The molecular weight excluding hydrogens is 260 g/mol. The Hall–Kier alpha value is -2.02. The minimum absolute atomic E-state index is 0.0211. The maximum atomic E-state index is 13.2. The number of carboxylic acids is 1. The number of carbonyl (C=O) groups excluding carboxylic acids is 1. The Morgan fingerprint density at radius 1 is 1.42 bits per heavy atom. The molecule has 5 nitrogen and oxygen atoms in total. The fourth-order valence-corrected chi connectivity index (χ4v) is 1.24. The molecule has 0 aliphatic heterocycles. The largest absolute Gasteiger partial charge is 0.479 e. The van der Waals surface area contributed by atoms with E-state index in [9.17, 15) is 18.4 Å². The summed E-state index contributed by atoms with van der Waals surface area (Å²) < 4.78 is 30.7. The van der Waals surface area contributed by atoms with Crippen LogP contribution >= 0.6 is 0 Å². The predicted octanol–water partition coefficient (Wildman–Crippen LogP) is 1.18. The van der Waals surface area contributed by atoms with Crippen molar-refractivity contribution >= 4 is 11.9 Å². The van der Waals surface area contributed by atoms with Crippen LogP contribution in [0.25, 0.3) is 0 Å². The summed E-state index contributed by atoms with van der Waals surface area (Å²) in [6, 6.07) is 2.61. The Bertz CT molecular complexity index is 479. The second-order valence-corrected chi connectivity index (χ2v) is 3.73. The highest BCUT2D eigenvalue weighted by Crippen LogP contribution is 2.09. The first-order valence-electron chi connectivity index (χ1n) is 5.49. The zero-order valence-corrected chi connectivity index (χ0v) is 10.2. The van der Waals surface area contributed by atoms with Crippen LogP contribution in [-0.4, -0.2) is 36.2 Å². The van der Waals surface area contributed by atoms with E-state index in [-0.39, 0.29) is 18.7 Å². The molecule has 0 fully saturated rings. The third kappa shape index (κ3) is 4.63. The molecule has 0 heterocycles. The summed E-state index contributed by atoms with van der Waals surface area (Å²) in [5.41, 5.74) is -0.285. The predicted molar refractivity (Wildman–Crippen MR) is 61.7 cm³/mol. The van der Waals surface area contributed by atoms with E-state index in [0.29, 0.717) is 6.07 Å². The highest BCUT2D eigenvalue weighted by atomic mass is 19.1. The summed E-state index contributed by atoms with van der Waals surface area (Å²) in [5, 5.41) is 10.9. The molecule has 0 radical (unpaired) electrons. The molecule has 0 aliphatic rings.